The van der Waals surface area contributed by atoms with Gasteiger partial charge in [0, 0.05) is 12.8 Å². The third kappa shape index (κ3) is 3.89. The predicted octanol–water partition coefficient (Wildman–Crippen LogP) is 3.92. The van der Waals surface area contributed by atoms with Crippen LogP contribution in [-0.2, 0) is 14.3 Å². The third-order valence-corrected chi connectivity index (χ3v) is 5.37. The molecule has 0 saturated heterocycles. The van der Waals surface area contributed by atoms with Gasteiger partial charge in [0.25, 0.3) is 0 Å². The Balaban J connectivity index is 1.88. The van der Waals surface area contributed by atoms with Gasteiger partial charge in [-0.2, -0.15) is 0 Å². The van der Waals surface area contributed by atoms with Crippen molar-refractivity contribution >= 4 is 23.0 Å². The molecule has 32 heavy (non-hydrogen) atoms. The molecule has 0 spiro atoms. The SMILES string of the molecule is CCOc1ccc([C@H]2C(C(=O)OCCOC)=C(C)Nc3nc4ccccc4n32)cc1OC. The van der Waals surface area contributed by atoms with E-state index < -0.39 is 12.0 Å². The van der Waals surface area contributed by atoms with Crippen molar-refractivity contribution in [2.45, 2.75) is 19.9 Å². The van der Waals surface area contributed by atoms with Crippen molar-refractivity contribution in [3.05, 3.63) is 59.3 Å². The number of hydrogen-bond donors (Lipinski definition) is 1. The number of para-hydroxylation sites is 2. The van der Waals surface area contributed by atoms with E-state index in [0.717, 1.165) is 16.6 Å². The van der Waals surface area contributed by atoms with Gasteiger partial charge in [0.15, 0.2) is 11.5 Å². The number of allylic oxidation sites excluding steroid dienone is 1. The first kappa shape index (κ1) is 21.7. The normalized spacial score (nSPS) is 15.3. The molecular formula is C24H27N3O5. The number of anilines is 1. The number of rotatable bonds is 8. The van der Waals surface area contributed by atoms with Crippen molar-refractivity contribution in [3.8, 4) is 11.5 Å². The second kappa shape index (κ2) is 9.32. The molecule has 2 heterocycles. The zero-order valence-corrected chi connectivity index (χ0v) is 18.7. The fraction of sp³-hybridized carbons (Fsp3) is 0.333. The van der Waals surface area contributed by atoms with Crippen LogP contribution in [0.25, 0.3) is 11.0 Å². The van der Waals surface area contributed by atoms with Crippen molar-refractivity contribution in [2.24, 2.45) is 0 Å². The summed E-state index contributed by atoms with van der Waals surface area (Å²) < 4.78 is 23.8. The Labute approximate surface area is 186 Å². The molecule has 168 valence electrons. The monoisotopic (exact) mass is 437 g/mol. The number of ether oxygens (including phenoxy) is 4. The Bertz CT molecular complexity index is 1170. The zero-order chi connectivity index (χ0) is 22.7. The minimum atomic E-state index is -0.460. The van der Waals surface area contributed by atoms with E-state index in [1.54, 1.807) is 14.2 Å². The number of esters is 1. The fourth-order valence-corrected chi connectivity index (χ4v) is 3.97. The summed E-state index contributed by atoms with van der Waals surface area (Å²) >= 11 is 0. The van der Waals surface area contributed by atoms with Crippen molar-refractivity contribution in [2.75, 3.05) is 39.4 Å². The predicted molar refractivity (Wildman–Crippen MR) is 121 cm³/mol. The average molecular weight is 437 g/mol. The molecule has 1 aliphatic heterocycles. The molecule has 1 atom stereocenters. The van der Waals surface area contributed by atoms with Crippen LogP contribution in [0, 0.1) is 0 Å². The minimum absolute atomic E-state index is 0.170. The van der Waals surface area contributed by atoms with Gasteiger partial charge in [-0.25, -0.2) is 9.78 Å². The number of fused-ring (bicyclic) bond motifs is 3. The first-order valence-corrected chi connectivity index (χ1v) is 10.5. The van der Waals surface area contributed by atoms with Crippen LogP contribution in [0.3, 0.4) is 0 Å². The van der Waals surface area contributed by atoms with Crippen LogP contribution in [0.15, 0.2) is 53.7 Å². The molecule has 3 aromatic rings. The van der Waals surface area contributed by atoms with E-state index in [1.165, 1.54) is 0 Å². The van der Waals surface area contributed by atoms with Crippen LogP contribution in [0.1, 0.15) is 25.5 Å². The molecule has 0 bridgehead atoms. The summed E-state index contributed by atoms with van der Waals surface area (Å²) in [7, 11) is 3.17. The van der Waals surface area contributed by atoms with Gasteiger partial charge >= 0.3 is 5.97 Å². The standard InChI is InChI=1S/C24H27N3O5/c1-5-31-19-11-10-16(14-20(19)30-4)22-21(23(28)32-13-12-29-3)15(2)25-24-26-17-8-6-7-9-18(17)27(22)24/h6-11,14,22H,5,12-13H2,1-4H3,(H,25,26)/t22-/m0/s1. The van der Waals surface area contributed by atoms with Gasteiger partial charge in [-0.1, -0.05) is 18.2 Å². The molecule has 1 N–H and O–H groups in total. The summed E-state index contributed by atoms with van der Waals surface area (Å²) in [5, 5.41) is 3.27. The maximum Gasteiger partial charge on any atom is 0.338 e. The van der Waals surface area contributed by atoms with E-state index >= 15 is 0 Å². The lowest BCUT2D eigenvalue weighted by Crippen LogP contribution is -2.29. The second-order valence-electron chi connectivity index (χ2n) is 7.33. The summed E-state index contributed by atoms with van der Waals surface area (Å²) in [4.78, 5) is 17.9. The minimum Gasteiger partial charge on any atom is -0.493 e. The van der Waals surface area contributed by atoms with Crippen molar-refractivity contribution in [1.82, 2.24) is 9.55 Å². The number of carbonyl (C=O) groups is 1. The largest absolute Gasteiger partial charge is 0.493 e. The Hall–Kier alpha value is -3.52. The molecule has 1 aliphatic rings. The molecule has 4 rings (SSSR count). The zero-order valence-electron chi connectivity index (χ0n) is 18.7. The Kier molecular flexibility index (Phi) is 6.32. The molecule has 0 fully saturated rings. The van der Waals surface area contributed by atoms with Gasteiger partial charge in [-0.3, -0.25) is 4.57 Å². The quantitative estimate of drug-likeness (QED) is 0.422. The van der Waals surface area contributed by atoms with Gasteiger partial charge in [-0.15, -0.1) is 0 Å². The highest BCUT2D eigenvalue weighted by atomic mass is 16.6. The van der Waals surface area contributed by atoms with Gasteiger partial charge < -0.3 is 24.3 Å². The van der Waals surface area contributed by atoms with Crippen LogP contribution >= 0.6 is 0 Å². The highest BCUT2D eigenvalue weighted by Gasteiger charge is 2.35. The summed E-state index contributed by atoms with van der Waals surface area (Å²) in [5.41, 5.74) is 3.78. The number of methoxy groups -OCH3 is 2. The van der Waals surface area contributed by atoms with Crippen LogP contribution in [0.5, 0.6) is 11.5 Å². The highest BCUT2D eigenvalue weighted by molar-refractivity contribution is 5.94. The molecule has 0 aliphatic carbocycles. The number of carbonyl (C=O) groups excluding carboxylic acids is 1. The Morgan fingerprint density at radius 2 is 1.94 bits per heavy atom. The summed E-state index contributed by atoms with van der Waals surface area (Å²) in [5.74, 6) is 1.50. The third-order valence-electron chi connectivity index (χ3n) is 5.37. The molecule has 0 radical (unpaired) electrons. The summed E-state index contributed by atoms with van der Waals surface area (Å²) in [6.45, 7) is 4.80. The molecule has 8 nitrogen and oxygen atoms in total. The van der Waals surface area contributed by atoms with Gasteiger partial charge in [0.2, 0.25) is 5.95 Å². The van der Waals surface area contributed by atoms with E-state index in [1.807, 2.05) is 60.9 Å². The fourth-order valence-electron chi connectivity index (χ4n) is 3.97. The maximum absolute atomic E-state index is 13.2. The lowest BCUT2D eigenvalue weighted by Gasteiger charge is -2.30. The average Bonchev–Trinajstić information content (AvgIpc) is 3.16. The lowest BCUT2D eigenvalue weighted by atomic mass is 9.94. The number of benzene rings is 2. The molecular weight excluding hydrogens is 410 g/mol. The molecule has 0 unspecified atom stereocenters. The first-order valence-electron chi connectivity index (χ1n) is 10.5. The maximum atomic E-state index is 13.2. The van der Waals surface area contributed by atoms with Gasteiger partial charge in [0.05, 0.1) is 43.0 Å². The number of nitrogens with zero attached hydrogens (tertiary/aromatic N) is 2. The highest BCUT2D eigenvalue weighted by Crippen LogP contribution is 2.41. The van der Waals surface area contributed by atoms with Crippen molar-refractivity contribution < 1.29 is 23.7 Å². The van der Waals surface area contributed by atoms with E-state index in [9.17, 15) is 4.79 Å². The number of nitrogens with one attached hydrogen (secondary N) is 1. The topological polar surface area (TPSA) is 83.8 Å². The van der Waals surface area contributed by atoms with E-state index in [-0.39, 0.29) is 6.61 Å². The lowest BCUT2D eigenvalue weighted by molar-refractivity contribution is -0.140. The van der Waals surface area contributed by atoms with Crippen molar-refractivity contribution in [1.29, 1.82) is 0 Å². The van der Waals surface area contributed by atoms with E-state index in [4.69, 9.17) is 23.9 Å². The van der Waals surface area contributed by atoms with Gasteiger partial charge in [0.1, 0.15) is 6.61 Å². The Morgan fingerprint density at radius 3 is 2.69 bits per heavy atom. The van der Waals surface area contributed by atoms with Crippen LogP contribution in [-0.4, -0.2) is 49.6 Å². The van der Waals surface area contributed by atoms with Crippen molar-refractivity contribution in [3.63, 3.8) is 0 Å². The van der Waals surface area contributed by atoms with Crippen LogP contribution in [0.4, 0.5) is 5.95 Å². The molecule has 8 heteroatoms. The molecule has 1 aromatic heterocycles. The smallest absolute Gasteiger partial charge is 0.338 e. The number of imidazole rings is 1. The van der Waals surface area contributed by atoms with Crippen LogP contribution < -0.4 is 14.8 Å². The molecule has 0 amide bonds. The number of aromatic nitrogens is 2. The van der Waals surface area contributed by atoms with Crippen LogP contribution in [0.2, 0.25) is 0 Å². The second-order valence-corrected chi connectivity index (χ2v) is 7.33. The number of hydrogen-bond acceptors (Lipinski definition) is 7. The van der Waals surface area contributed by atoms with E-state index in [0.29, 0.717) is 41.9 Å². The molecule has 2 aromatic carbocycles. The summed E-state index contributed by atoms with van der Waals surface area (Å²) in [6.07, 6.45) is 0. The van der Waals surface area contributed by atoms with Gasteiger partial charge in [-0.05, 0) is 43.7 Å². The molecule has 0 saturated carbocycles. The first-order chi connectivity index (χ1) is 15.6. The summed E-state index contributed by atoms with van der Waals surface area (Å²) in [6, 6.07) is 13.1. The Morgan fingerprint density at radius 1 is 1.12 bits per heavy atom. The van der Waals surface area contributed by atoms with E-state index in [2.05, 4.69) is 5.32 Å².